The van der Waals surface area contributed by atoms with E-state index in [0.717, 1.165) is 10.4 Å². The number of rotatable bonds is 5. The number of halogens is 1. The summed E-state index contributed by atoms with van der Waals surface area (Å²) in [7, 11) is 1.81. The fraction of sp³-hybridized carbons (Fsp3) is 0.353. The summed E-state index contributed by atoms with van der Waals surface area (Å²) in [5.74, 6) is -0.428. The number of benzene rings is 1. The molecular weight excluding hydrogens is 382 g/mol. The predicted octanol–water partition coefficient (Wildman–Crippen LogP) is 3.67. The van der Waals surface area contributed by atoms with E-state index in [1.54, 1.807) is 16.2 Å². The molecule has 2 unspecified atom stereocenters. The average molecular weight is 400 g/mol. The Bertz CT molecular complexity index is 808. The Hall–Kier alpha value is -1.57. The smallest absolute Gasteiger partial charge is 0.410 e. The van der Waals surface area contributed by atoms with Gasteiger partial charge in [-0.15, -0.1) is 11.3 Å². The maximum absolute atomic E-state index is 12.4. The van der Waals surface area contributed by atoms with Gasteiger partial charge in [-0.3, -0.25) is 0 Å². The Kier molecular flexibility index (Phi) is 5.66. The molecule has 1 saturated heterocycles. The minimum atomic E-state index is -3.64. The van der Waals surface area contributed by atoms with Gasteiger partial charge in [-0.05, 0) is 17.0 Å². The lowest BCUT2D eigenvalue weighted by Gasteiger charge is -2.16. The van der Waals surface area contributed by atoms with E-state index in [0.29, 0.717) is 13.1 Å². The van der Waals surface area contributed by atoms with Gasteiger partial charge in [-0.2, -0.15) is 0 Å². The lowest BCUT2D eigenvalue weighted by atomic mass is 9.96. The highest BCUT2D eigenvalue weighted by atomic mass is 35.7. The van der Waals surface area contributed by atoms with Crippen molar-refractivity contribution in [3.63, 3.8) is 0 Å². The van der Waals surface area contributed by atoms with Crippen molar-refractivity contribution in [3.8, 4) is 0 Å². The van der Waals surface area contributed by atoms with Crippen molar-refractivity contribution in [2.75, 3.05) is 18.8 Å². The van der Waals surface area contributed by atoms with Crippen LogP contribution >= 0.6 is 22.0 Å². The summed E-state index contributed by atoms with van der Waals surface area (Å²) < 4.78 is 28.4. The average Bonchev–Trinajstić information content (AvgIpc) is 3.21. The highest BCUT2D eigenvalue weighted by Gasteiger charge is 2.39. The number of thiophene rings is 1. The molecular formula is C17H18ClNO4S2. The van der Waals surface area contributed by atoms with E-state index in [1.807, 2.05) is 47.8 Å². The van der Waals surface area contributed by atoms with Crippen molar-refractivity contribution < 1.29 is 17.9 Å². The molecule has 2 aromatic rings. The molecule has 1 amide bonds. The molecule has 25 heavy (non-hydrogen) atoms. The van der Waals surface area contributed by atoms with E-state index in [4.69, 9.17) is 15.4 Å². The van der Waals surface area contributed by atoms with E-state index in [9.17, 15) is 13.2 Å². The normalized spacial score (nSPS) is 20.6. The van der Waals surface area contributed by atoms with E-state index >= 15 is 0 Å². The predicted molar refractivity (Wildman–Crippen MR) is 98.4 cm³/mol. The molecule has 1 aromatic carbocycles. The number of likely N-dealkylation sites (tertiary alicyclic amines) is 1. The van der Waals surface area contributed by atoms with Gasteiger partial charge in [-0.1, -0.05) is 36.4 Å². The lowest BCUT2D eigenvalue weighted by molar-refractivity contribution is 0.103. The van der Waals surface area contributed by atoms with E-state index in [-0.39, 0.29) is 24.2 Å². The zero-order valence-electron chi connectivity index (χ0n) is 13.4. The van der Waals surface area contributed by atoms with E-state index < -0.39 is 15.1 Å². The maximum Gasteiger partial charge on any atom is 0.410 e. The van der Waals surface area contributed by atoms with Crippen molar-refractivity contribution >= 4 is 37.2 Å². The first-order valence-electron chi connectivity index (χ1n) is 7.84. The van der Waals surface area contributed by atoms with Crippen molar-refractivity contribution in [2.24, 2.45) is 5.92 Å². The monoisotopic (exact) mass is 399 g/mol. The van der Waals surface area contributed by atoms with E-state index in [2.05, 4.69) is 0 Å². The number of ether oxygens (including phenoxy) is 1. The molecule has 1 aliphatic rings. The Labute approximate surface area is 155 Å². The number of hydrogen-bond acceptors (Lipinski definition) is 5. The highest BCUT2D eigenvalue weighted by Crippen LogP contribution is 2.36. The number of carbonyl (C=O) groups excluding carboxylic acids is 1. The van der Waals surface area contributed by atoms with Gasteiger partial charge in [0.05, 0.1) is 5.75 Å². The van der Waals surface area contributed by atoms with Gasteiger partial charge < -0.3 is 9.64 Å². The summed E-state index contributed by atoms with van der Waals surface area (Å²) in [6, 6.07) is 13.3. The molecule has 8 heteroatoms. The molecule has 0 aliphatic carbocycles. The quantitative estimate of drug-likeness (QED) is 0.719. The molecule has 134 valence electrons. The van der Waals surface area contributed by atoms with Crippen LogP contribution in [0.5, 0.6) is 0 Å². The van der Waals surface area contributed by atoms with Crippen molar-refractivity contribution in [1.29, 1.82) is 0 Å². The van der Waals surface area contributed by atoms with Gasteiger partial charge in [0.25, 0.3) is 0 Å². The topological polar surface area (TPSA) is 63.7 Å². The third-order valence-electron chi connectivity index (χ3n) is 4.23. The fourth-order valence-electron chi connectivity index (χ4n) is 3.08. The Morgan fingerprint density at radius 2 is 1.96 bits per heavy atom. The molecule has 1 fully saturated rings. The van der Waals surface area contributed by atoms with Crippen molar-refractivity contribution in [1.82, 2.24) is 4.90 Å². The van der Waals surface area contributed by atoms with Crippen LogP contribution in [-0.4, -0.2) is 38.3 Å². The van der Waals surface area contributed by atoms with Crippen LogP contribution in [0.15, 0.2) is 47.8 Å². The fourth-order valence-corrected chi connectivity index (χ4v) is 5.33. The Morgan fingerprint density at radius 1 is 1.20 bits per heavy atom. The second kappa shape index (κ2) is 7.76. The van der Waals surface area contributed by atoms with Gasteiger partial charge in [0.15, 0.2) is 0 Å². The van der Waals surface area contributed by atoms with Gasteiger partial charge in [-0.25, -0.2) is 13.2 Å². The van der Waals surface area contributed by atoms with Crippen molar-refractivity contribution in [2.45, 2.75) is 12.5 Å². The summed E-state index contributed by atoms with van der Waals surface area (Å²) >= 11 is 1.56. The standard InChI is InChI=1S/C17H18ClNO4S2/c18-25(21,22)12-14-9-19(10-15(14)16-7-4-8-24-16)17(20)23-11-13-5-2-1-3-6-13/h1-8,14-15H,9-12H2. The Balaban J connectivity index is 1.67. The highest BCUT2D eigenvalue weighted by molar-refractivity contribution is 8.13. The number of carbonyl (C=O) groups is 1. The third kappa shape index (κ3) is 4.96. The first-order chi connectivity index (χ1) is 11.9. The molecule has 0 N–H and O–H groups in total. The summed E-state index contributed by atoms with van der Waals surface area (Å²) in [6.45, 7) is 0.950. The minimum Gasteiger partial charge on any atom is -0.445 e. The van der Waals surface area contributed by atoms with Crippen LogP contribution in [0.1, 0.15) is 16.4 Å². The lowest BCUT2D eigenvalue weighted by Crippen LogP contribution is -2.30. The van der Waals surface area contributed by atoms with Crippen LogP contribution in [0.3, 0.4) is 0 Å². The summed E-state index contributed by atoms with van der Waals surface area (Å²) in [6.07, 6.45) is -0.431. The molecule has 0 bridgehead atoms. The van der Waals surface area contributed by atoms with Crippen molar-refractivity contribution in [3.05, 3.63) is 58.3 Å². The second-order valence-electron chi connectivity index (χ2n) is 6.03. The van der Waals surface area contributed by atoms with Crippen LogP contribution in [-0.2, 0) is 20.4 Å². The molecule has 0 radical (unpaired) electrons. The molecule has 2 heterocycles. The number of hydrogen-bond donors (Lipinski definition) is 0. The summed E-state index contributed by atoms with van der Waals surface area (Å²) in [4.78, 5) is 15.0. The number of nitrogens with zero attached hydrogens (tertiary/aromatic N) is 1. The minimum absolute atomic E-state index is 0.0437. The van der Waals surface area contributed by atoms with Crippen LogP contribution in [0.25, 0.3) is 0 Å². The zero-order chi connectivity index (χ0) is 17.9. The largest absolute Gasteiger partial charge is 0.445 e. The maximum atomic E-state index is 12.4. The summed E-state index contributed by atoms with van der Waals surface area (Å²) in [5, 5.41) is 1.94. The molecule has 1 aliphatic heterocycles. The van der Waals surface area contributed by atoms with Crippen LogP contribution < -0.4 is 0 Å². The van der Waals surface area contributed by atoms with Crippen LogP contribution in [0.4, 0.5) is 4.79 Å². The van der Waals surface area contributed by atoms with Crippen LogP contribution in [0, 0.1) is 5.92 Å². The third-order valence-corrected chi connectivity index (χ3v) is 6.43. The van der Waals surface area contributed by atoms with Crippen LogP contribution in [0.2, 0.25) is 0 Å². The van der Waals surface area contributed by atoms with Gasteiger partial charge in [0.1, 0.15) is 6.61 Å². The molecule has 3 rings (SSSR count). The summed E-state index contributed by atoms with van der Waals surface area (Å²) in [5.41, 5.74) is 0.907. The first kappa shape index (κ1) is 18.2. The molecule has 5 nitrogen and oxygen atoms in total. The van der Waals surface area contributed by atoms with Gasteiger partial charge in [0.2, 0.25) is 9.05 Å². The van der Waals surface area contributed by atoms with Gasteiger partial charge >= 0.3 is 6.09 Å². The second-order valence-corrected chi connectivity index (χ2v) is 9.83. The number of amides is 1. The molecule has 1 aromatic heterocycles. The SMILES string of the molecule is O=C(OCc1ccccc1)N1CC(CS(=O)(=O)Cl)C(c2cccs2)C1. The Morgan fingerprint density at radius 3 is 2.60 bits per heavy atom. The molecule has 0 spiro atoms. The van der Waals surface area contributed by atoms with Gasteiger partial charge in [0, 0.05) is 40.5 Å². The molecule has 0 saturated carbocycles. The first-order valence-corrected chi connectivity index (χ1v) is 11.2. The molecule has 2 atom stereocenters. The zero-order valence-corrected chi connectivity index (χ0v) is 15.8. The van der Waals surface area contributed by atoms with E-state index in [1.165, 1.54) is 0 Å².